The maximum absolute atomic E-state index is 13.2. The number of ether oxygens (including phenoxy) is 2. The monoisotopic (exact) mass is 462 g/mol. The molecular weight excluding hydrogens is 428 g/mol. The number of amides is 2. The molecule has 4 bridgehead atoms. The molecule has 2 amide bonds. The van der Waals surface area contributed by atoms with Crippen LogP contribution in [-0.4, -0.2) is 36.1 Å². The zero-order chi connectivity index (χ0) is 23.8. The number of carbonyl (C=O) groups is 2. The maximum atomic E-state index is 13.2. The highest BCUT2D eigenvalue weighted by atomic mass is 16.5. The van der Waals surface area contributed by atoms with Gasteiger partial charge < -0.3 is 20.1 Å². The summed E-state index contributed by atoms with van der Waals surface area (Å²) in [7, 11) is 0. The molecule has 180 valence electrons. The molecule has 0 atom stereocenters. The van der Waals surface area contributed by atoms with Gasteiger partial charge in [0.05, 0.1) is 13.2 Å². The second-order valence-electron chi connectivity index (χ2n) is 10.3. The van der Waals surface area contributed by atoms with Crippen LogP contribution in [0.25, 0.3) is 0 Å². The summed E-state index contributed by atoms with van der Waals surface area (Å²) < 4.78 is 11.0. The van der Waals surface area contributed by atoms with Crippen LogP contribution in [0.3, 0.4) is 0 Å². The first kappa shape index (κ1) is 22.8. The van der Waals surface area contributed by atoms with E-state index >= 15 is 0 Å². The SMILES string of the molecule is CCOc1ccc(C(=O)NC23CC4CC(C2)CC(NC(=O)c2ccc(OCC)cc2)(C4)C3)cc1. The summed E-state index contributed by atoms with van der Waals surface area (Å²) in [4.78, 5) is 26.4. The van der Waals surface area contributed by atoms with E-state index in [2.05, 4.69) is 10.6 Å². The summed E-state index contributed by atoms with van der Waals surface area (Å²) in [6.07, 6.45) is 5.96. The molecule has 4 aliphatic carbocycles. The van der Waals surface area contributed by atoms with Crippen LogP contribution in [0.1, 0.15) is 73.1 Å². The van der Waals surface area contributed by atoms with Gasteiger partial charge in [-0.25, -0.2) is 0 Å². The molecule has 6 rings (SSSR count). The molecule has 2 N–H and O–H groups in total. The zero-order valence-electron chi connectivity index (χ0n) is 20.1. The average Bonchev–Trinajstić information content (AvgIpc) is 2.79. The highest BCUT2D eigenvalue weighted by Crippen LogP contribution is 2.57. The van der Waals surface area contributed by atoms with E-state index in [1.54, 1.807) is 0 Å². The molecule has 0 spiro atoms. The maximum Gasteiger partial charge on any atom is 0.251 e. The Bertz CT molecular complexity index is 952. The molecule has 34 heavy (non-hydrogen) atoms. The lowest BCUT2D eigenvalue weighted by Gasteiger charge is -2.62. The number of rotatable bonds is 8. The van der Waals surface area contributed by atoms with Crippen LogP contribution in [0.15, 0.2) is 48.5 Å². The molecule has 0 aromatic heterocycles. The molecule has 4 aliphatic rings. The Balaban J connectivity index is 1.30. The molecule has 0 unspecified atom stereocenters. The van der Waals surface area contributed by atoms with Gasteiger partial charge in [0.25, 0.3) is 11.8 Å². The third-order valence-electron chi connectivity index (χ3n) is 7.67. The summed E-state index contributed by atoms with van der Waals surface area (Å²) in [5, 5.41) is 6.81. The third-order valence-corrected chi connectivity index (χ3v) is 7.67. The predicted octanol–water partition coefficient (Wildman–Crippen LogP) is 4.74. The van der Waals surface area contributed by atoms with Gasteiger partial charge in [-0.1, -0.05) is 0 Å². The lowest BCUT2D eigenvalue weighted by atomic mass is 9.49. The molecule has 2 aromatic rings. The van der Waals surface area contributed by atoms with E-state index in [4.69, 9.17) is 9.47 Å². The van der Waals surface area contributed by atoms with E-state index in [1.165, 1.54) is 6.42 Å². The van der Waals surface area contributed by atoms with Crippen LogP contribution in [0.4, 0.5) is 0 Å². The molecule has 4 fully saturated rings. The fourth-order valence-corrected chi connectivity index (χ4v) is 6.92. The Morgan fingerprint density at radius 2 is 1.12 bits per heavy atom. The highest BCUT2D eigenvalue weighted by Gasteiger charge is 2.58. The minimum Gasteiger partial charge on any atom is -0.494 e. The number of carbonyl (C=O) groups excluding carboxylic acids is 2. The first-order valence-corrected chi connectivity index (χ1v) is 12.5. The quantitative estimate of drug-likeness (QED) is 0.594. The smallest absolute Gasteiger partial charge is 0.251 e. The molecule has 6 heteroatoms. The molecule has 2 aromatic carbocycles. The van der Waals surface area contributed by atoms with Gasteiger partial charge in [-0.05, 0) is 113 Å². The minimum atomic E-state index is -0.258. The second kappa shape index (κ2) is 8.97. The van der Waals surface area contributed by atoms with E-state index in [9.17, 15) is 9.59 Å². The standard InChI is InChI=1S/C28H34N2O4/c1-3-33-23-9-5-21(6-10-23)25(31)29-27-14-19-13-20(15-27)17-28(16-19,18-27)30-26(32)22-7-11-24(12-8-22)34-4-2/h5-12,19-20H,3-4,13-18H2,1-2H3,(H,29,31)(H,30,32). The van der Waals surface area contributed by atoms with Crippen LogP contribution >= 0.6 is 0 Å². The zero-order valence-corrected chi connectivity index (χ0v) is 20.1. The first-order chi connectivity index (χ1) is 16.4. The van der Waals surface area contributed by atoms with Crippen molar-refractivity contribution in [1.29, 1.82) is 0 Å². The van der Waals surface area contributed by atoms with Gasteiger partial charge in [-0.15, -0.1) is 0 Å². The highest BCUT2D eigenvalue weighted by molar-refractivity contribution is 5.95. The summed E-state index contributed by atoms with van der Waals surface area (Å²) in [6, 6.07) is 14.7. The molecule has 0 heterocycles. The van der Waals surface area contributed by atoms with Gasteiger partial charge in [0.2, 0.25) is 0 Å². The number of benzene rings is 2. The van der Waals surface area contributed by atoms with E-state index in [0.717, 1.165) is 43.6 Å². The fraction of sp³-hybridized carbons (Fsp3) is 0.500. The Morgan fingerprint density at radius 3 is 1.47 bits per heavy atom. The molecular formula is C28H34N2O4. The topological polar surface area (TPSA) is 76.7 Å². The number of hydrogen-bond acceptors (Lipinski definition) is 4. The lowest BCUT2D eigenvalue weighted by Crippen LogP contribution is -2.69. The normalized spacial score (nSPS) is 28.9. The summed E-state index contributed by atoms with van der Waals surface area (Å²) in [5.41, 5.74) is 0.774. The van der Waals surface area contributed by atoms with E-state index in [0.29, 0.717) is 36.2 Å². The van der Waals surface area contributed by atoms with Gasteiger partial charge in [0.15, 0.2) is 0 Å². The van der Waals surface area contributed by atoms with Crippen LogP contribution < -0.4 is 20.1 Å². The largest absolute Gasteiger partial charge is 0.494 e. The van der Waals surface area contributed by atoms with Crippen LogP contribution in [-0.2, 0) is 0 Å². The van der Waals surface area contributed by atoms with Crippen LogP contribution in [0.2, 0.25) is 0 Å². The Morgan fingerprint density at radius 1 is 0.735 bits per heavy atom. The molecule has 0 aliphatic heterocycles. The fourth-order valence-electron chi connectivity index (χ4n) is 6.92. The van der Waals surface area contributed by atoms with Crippen LogP contribution in [0.5, 0.6) is 11.5 Å². The van der Waals surface area contributed by atoms with Crippen molar-refractivity contribution in [3.63, 3.8) is 0 Å². The summed E-state index contributed by atoms with van der Waals surface area (Å²) in [6.45, 7) is 5.08. The van der Waals surface area contributed by atoms with Gasteiger partial charge in [-0.2, -0.15) is 0 Å². The lowest BCUT2D eigenvalue weighted by molar-refractivity contribution is -0.0447. The second-order valence-corrected chi connectivity index (χ2v) is 10.3. The number of hydrogen-bond donors (Lipinski definition) is 2. The number of nitrogens with one attached hydrogen (secondary N) is 2. The Kier molecular flexibility index (Phi) is 6.00. The summed E-state index contributed by atoms with van der Waals surface area (Å²) in [5.74, 6) is 2.51. The van der Waals surface area contributed by atoms with Crippen molar-refractivity contribution in [1.82, 2.24) is 10.6 Å². The van der Waals surface area contributed by atoms with E-state index < -0.39 is 0 Å². The van der Waals surface area contributed by atoms with Crippen LogP contribution in [0, 0.1) is 11.8 Å². The van der Waals surface area contributed by atoms with Crippen molar-refractivity contribution in [3.8, 4) is 11.5 Å². The Hall–Kier alpha value is -3.02. The molecule has 0 radical (unpaired) electrons. The first-order valence-electron chi connectivity index (χ1n) is 12.5. The van der Waals surface area contributed by atoms with E-state index in [1.807, 2.05) is 62.4 Å². The van der Waals surface area contributed by atoms with Gasteiger partial charge in [0.1, 0.15) is 11.5 Å². The van der Waals surface area contributed by atoms with Gasteiger partial charge >= 0.3 is 0 Å². The van der Waals surface area contributed by atoms with Crippen molar-refractivity contribution >= 4 is 11.8 Å². The van der Waals surface area contributed by atoms with Crippen molar-refractivity contribution in [2.24, 2.45) is 11.8 Å². The molecule has 6 nitrogen and oxygen atoms in total. The van der Waals surface area contributed by atoms with Gasteiger partial charge in [0, 0.05) is 22.2 Å². The predicted molar refractivity (Wildman–Crippen MR) is 130 cm³/mol. The third kappa shape index (κ3) is 4.50. The van der Waals surface area contributed by atoms with Crippen molar-refractivity contribution in [2.45, 2.75) is 63.5 Å². The summed E-state index contributed by atoms with van der Waals surface area (Å²) >= 11 is 0. The average molecular weight is 463 g/mol. The van der Waals surface area contributed by atoms with Gasteiger partial charge in [-0.3, -0.25) is 9.59 Å². The molecule has 0 saturated heterocycles. The molecule has 4 saturated carbocycles. The van der Waals surface area contributed by atoms with E-state index in [-0.39, 0.29) is 22.9 Å². The minimum absolute atomic E-state index is 0.0435. The Labute approximate surface area is 201 Å². The van der Waals surface area contributed by atoms with Crippen molar-refractivity contribution < 1.29 is 19.1 Å². The van der Waals surface area contributed by atoms with Crippen molar-refractivity contribution in [2.75, 3.05) is 13.2 Å². The van der Waals surface area contributed by atoms with Crippen molar-refractivity contribution in [3.05, 3.63) is 59.7 Å².